The summed E-state index contributed by atoms with van der Waals surface area (Å²) in [6, 6.07) is 43.4. The molecule has 0 spiro atoms. The minimum atomic E-state index is -0.588. The van der Waals surface area contributed by atoms with E-state index in [1.54, 1.807) is 18.2 Å². The Labute approximate surface area is 269 Å². The van der Waals surface area contributed by atoms with Crippen LogP contribution in [-0.4, -0.2) is 18.1 Å². The SMILES string of the molecule is CC1=CC(C)(C)N(C(=O)COc2ccc(Cl)cc2Cl)c2ccc(C(c3ccccc3)(c3ccccc3)c3ccccc3)cc21. The van der Waals surface area contributed by atoms with Gasteiger partial charge in [0.1, 0.15) is 5.75 Å². The zero-order chi connectivity index (χ0) is 30.9. The average molecular weight is 619 g/mol. The number of hydrogen-bond acceptors (Lipinski definition) is 2. The van der Waals surface area contributed by atoms with Gasteiger partial charge in [0.2, 0.25) is 0 Å². The fraction of sp³-hybridized carbons (Fsp3) is 0.154. The maximum absolute atomic E-state index is 13.9. The van der Waals surface area contributed by atoms with E-state index in [4.69, 9.17) is 27.9 Å². The first-order valence-electron chi connectivity index (χ1n) is 14.6. The second-order valence-corrected chi connectivity index (χ2v) is 12.5. The summed E-state index contributed by atoms with van der Waals surface area (Å²) in [5, 5.41) is 0.872. The lowest BCUT2D eigenvalue weighted by Crippen LogP contribution is -2.50. The van der Waals surface area contributed by atoms with E-state index >= 15 is 0 Å². The van der Waals surface area contributed by atoms with Crippen molar-refractivity contribution in [2.45, 2.75) is 31.7 Å². The molecule has 0 bridgehead atoms. The molecule has 44 heavy (non-hydrogen) atoms. The number of anilines is 1. The lowest BCUT2D eigenvalue weighted by molar-refractivity contribution is -0.121. The van der Waals surface area contributed by atoms with Crippen LogP contribution in [0.25, 0.3) is 5.57 Å². The molecule has 1 aliphatic heterocycles. The van der Waals surface area contributed by atoms with E-state index in [1.807, 2.05) is 18.7 Å². The van der Waals surface area contributed by atoms with Crippen molar-refractivity contribution >= 4 is 40.4 Å². The fourth-order valence-corrected chi connectivity index (χ4v) is 7.04. The summed E-state index contributed by atoms with van der Waals surface area (Å²) in [5.74, 6) is 0.249. The predicted molar refractivity (Wildman–Crippen MR) is 182 cm³/mol. The summed E-state index contributed by atoms with van der Waals surface area (Å²) in [7, 11) is 0. The summed E-state index contributed by atoms with van der Waals surface area (Å²) >= 11 is 12.4. The number of nitrogens with zero attached hydrogens (tertiary/aromatic N) is 1. The van der Waals surface area contributed by atoms with Crippen molar-refractivity contribution < 1.29 is 9.53 Å². The van der Waals surface area contributed by atoms with Gasteiger partial charge in [0.05, 0.1) is 21.7 Å². The number of allylic oxidation sites excluding steroid dienone is 1. The highest BCUT2D eigenvalue weighted by Crippen LogP contribution is 2.48. The highest BCUT2D eigenvalue weighted by molar-refractivity contribution is 6.35. The van der Waals surface area contributed by atoms with Crippen molar-refractivity contribution in [1.82, 2.24) is 0 Å². The molecule has 5 aromatic carbocycles. The first-order valence-corrected chi connectivity index (χ1v) is 15.4. The highest BCUT2D eigenvalue weighted by Gasteiger charge is 2.41. The Bertz CT molecular complexity index is 1740. The van der Waals surface area contributed by atoms with Crippen molar-refractivity contribution in [1.29, 1.82) is 0 Å². The van der Waals surface area contributed by atoms with E-state index < -0.39 is 11.0 Å². The molecule has 0 saturated carbocycles. The minimum Gasteiger partial charge on any atom is -0.482 e. The van der Waals surface area contributed by atoms with Crippen LogP contribution < -0.4 is 9.64 Å². The number of halogens is 2. The molecule has 1 amide bonds. The van der Waals surface area contributed by atoms with Gasteiger partial charge in [-0.25, -0.2) is 0 Å². The lowest BCUT2D eigenvalue weighted by atomic mass is 9.64. The minimum absolute atomic E-state index is 0.166. The van der Waals surface area contributed by atoms with Crippen LogP contribution >= 0.6 is 23.2 Å². The van der Waals surface area contributed by atoms with Crippen molar-refractivity contribution in [2.24, 2.45) is 0 Å². The maximum Gasteiger partial charge on any atom is 0.265 e. The molecular formula is C39H33Cl2NO2. The Hall–Kier alpha value is -4.31. The molecule has 220 valence electrons. The standard InChI is InChI=1S/C39H33Cl2NO2/c1-27-25-38(2,3)42(37(43)26-44-36-22-20-32(40)24-34(36)41)35-21-19-31(23-33(27)35)39(28-13-7-4-8-14-28,29-15-9-5-10-16-29)30-17-11-6-12-18-30/h4-25H,26H2,1-3H3. The van der Waals surface area contributed by atoms with Gasteiger partial charge in [-0.05, 0) is 78.9 Å². The maximum atomic E-state index is 13.9. The Kier molecular flexibility index (Phi) is 8.11. The van der Waals surface area contributed by atoms with Gasteiger partial charge in [-0.1, -0.05) is 126 Å². The molecule has 0 unspecified atom stereocenters. The third kappa shape index (κ3) is 5.32. The fourth-order valence-electron chi connectivity index (χ4n) is 6.58. The topological polar surface area (TPSA) is 29.5 Å². The molecule has 6 rings (SSSR count). The number of hydrogen-bond donors (Lipinski definition) is 0. The number of ether oxygens (including phenoxy) is 1. The van der Waals surface area contributed by atoms with Gasteiger partial charge in [0, 0.05) is 10.6 Å². The largest absolute Gasteiger partial charge is 0.482 e. The van der Waals surface area contributed by atoms with Crippen LogP contribution in [0.5, 0.6) is 5.75 Å². The molecular weight excluding hydrogens is 585 g/mol. The van der Waals surface area contributed by atoms with Crippen LogP contribution in [0.2, 0.25) is 10.0 Å². The van der Waals surface area contributed by atoms with Gasteiger partial charge in [0.15, 0.2) is 6.61 Å². The average Bonchev–Trinajstić information content (AvgIpc) is 3.02. The third-order valence-corrected chi connectivity index (χ3v) is 8.89. The van der Waals surface area contributed by atoms with E-state index in [9.17, 15) is 4.79 Å². The Balaban J connectivity index is 1.50. The third-order valence-electron chi connectivity index (χ3n) is 8.36. The van der Waals surface area contributed by atoms with Crippen LogP contribution in [0.3, 0.4) is 0 Å². The molecule has 0 N–H and O–H groups in total. The van der Waals surface area contributed by atoms with E-state index in [-0.39, 0.29) is 12.5 Å². The normalized spacial score (nSPS) is 14.0. The first-order chi connectivity index (χ1) is 21.2. The van der Waals surface area contributed by atoms with Gasteiger partial charge in [-0.3, -0.25) is 9.69 Å². The van der Waals surface area contributed by atoms with Crippen LogP contribution in [0.15, 0.2) is 133 Å². The van der Waals surface area contributed by atoms with Gasteiger partial charge >= 0.3 is 0 Å². The van der Waals surface area contributed by atoms with E-state index in [2.05, 4.69) is 122 Å². The van der Waals surface area contributed by atoms with Gasteiger partial charge in [-0.2, -0.15) is 0 Å². The van der Waals surface area contributed by atoms with Crippen molar-refractivity contribution in [3.8, 4) is 5.75 Å². The van der Waals surface area contributed by atoms with E-state index in [0.717, 1.165) is 39.1 Å². The lowest BCUT2D eigenvalue weighted by Gasteiger charge is -2.43. The van der Waals surface area contributed by atoms with Crippen molar-refractivity contribution in [2.75, 3.05) is 11.5 Å². The molecule has 0 aromatic heterocycles. The molecule has 3 nitrogen and oxygen atoms in total. The quantitative estimate of drug-likeness (QED) is 0.170. The summed E-state index contributed by atoms with van der Waals surface area (Å²) < 4.78 is 5.89. The van der Waals surface area contributed by atoms with Crippen LogP contribution in [-0.2, 0) is 10.2 Å². The molecule has 0 saturated heterocycles. The van der Waals surface area contributed by atoms with Gasteiger partial charge < -0.3 is 4.74 Å². The Morgan fingerprint density at radius 3 is 1.80 bits per heavy atom. The van der Waals surface area contributed by atoms with E-state index in [1.165, 1.54) is 0 Å². The molecule has 0 fully saturated rings. The first kappa shape index (κ1) is 29.7. The number of rotatable bonds is 7. The number of amides is 1. The smallest absolute Gasteiger partial charge is 0.265 e. The Morgan fingerprint density at radius 2 is 1.27 bits per heavy atom. The molecule has 0 aliphatic carbocycles. The number of carbonyl (C=O) groups is 1. The molecule has 5 heteroatoms. The summed E-state index contributed by atoms with van der Waals surface area (Å²) in [6.07, 6.45) is 2.15. The Morgan fingerprint density at radius 1 is 0.727 bits per heavy atom. The second-order valence-electron chi connectivity index (χ2n) is 11.7. The molecule has 0 radical (unpaired) electrons. The summed E-state index contributed by atoms with van der Waals surface area (Å²) in [5.41, 5.74) is 6.41. The van der Waals surface area contributed by atoms with Crippen LogP contribution in [0.4, 0.5) is 5.69 Å². The summed E-state index contributed by atoms with van der Waals surface area (Å²) in [4.78, 5) is 15.7. The van der Waals surface area contributed by atoms with Gasteiger partial charge in [-0.15, -0.1) is 0 Å². The number of carbonyl (C=O) groups excluding carboxylic acids is 1. The van der Waals surface area contributed by atoms with Crippen molar-refractivity contribution in [3.05, 3.63) is 171 Å². The molecule has 5 aromatic rings. The van der Waals surface area contributed by atoms with E-state index in [0.29, 0.717) is 15.8 Å². The van der Waals surface area contributed by atoms with Crippen LogP contribution in [0, 0.1) is 0 Å². The van der Waals surface area contributed by atoms with Crippen molar-refractivity contribution in [3.63, 3.8) is 0 Å². The summed E-state index contributed by atoms with van der Waals surface area (Å²) in [6.45, 7) is 6.04. The van der Waals surface area contributed by atoms with Crippen LogP contribution in [0.1, 0.15) is 48.6 Å². The number of fused-ring (bicyclic) bond motifs is 1. The van der Waals surface area contributed by atoms with Gasteiger partial charge in [0.25, 0.3) is 5.91 Å². The molecule has 1 aliphatic rings. The highest BCUT2D eigenvalue weighted by atomic mass is 35.5. The zero-order valence-electron chi connectivity index (χ0n) is 24.9. The number of benzene rings is 5. The monoisotopic (exact) mass is 617 g/mol. The second kappa shape index (κ2) is 12.0. The molecule has 0 atom stereocenters. The predicted octanol–water partition coefficient (Wildman–Crippen LogP) is 9.98. The zero-order valence-corrected chi connectivity index (χ0v) is 26.4. The molecule has 1 heterocycles.